The number of carbonyl (C=O) groups excluding carboxylic acids is 1. The number of nitrogens with one attached hydrogen (secondary N) is 1. The van der Waals surface area contributed by atoms with Crippen molar-refractivity contribution in [3.05, 3.63) is 46.5 Å². The van der Waals surface area contributed by atoms with E-state index in [1.165, 1.54) is 18.4 Å². The third kappa shape index (κ3) is 10.5. The summed E-state index contributed by atoms with van der Waals surface area (Å²) >= 11 is 1.48. The van der Waals surface area contributed by atoms with Crippen molar-refractivity contribution in [2.45, 2.75) is 147 Å². The Morgan fingerprint density at radius 3 is 2.40 bits per heavy atom. The van der Waals surface area contributed by atoms with Crippen LogP contribution in [0.25, 0.3) is 0 Å². The van der Waals surface area contributed by atoms with Gasteiger partial charge in [0.1, 0.15) is 12.2 Å². The number of nitriles is 1. The minimum absolute atomic E-state index is 0.0520. The zero-order valence-corrected chi connectivity index (χ0v) is 36.2. The first kappa shape index (κ1) is 45.3. The largest absolute Gasteiger partial charge is 0.387 e. The van der Waals surface area contributed by atoms with E-state index in [2.05, 4.69) is 23.2 Å². The van der Waals surface area contributed by atoms with Gasteiger partial charge in [0.2, 0.25) is 5.91 Å². The topological polar surface area (TPSA) is 179 Å². The molecule has 4 N–H and O–H groups in total. The highest BCUT2D eigenvalue weighted by molar-refractivity contribution is 7.13. The predicted octanol–water partition coefficient (Wildman–Crippen LogP) is 4.01. The van der Waals surface area contributed by atoms with Crippen LogP contribution >= 0.6 is 11.3 Å². The Hall–Kier alpha value is -2.75. The van der Waals surface area contributed by atoms with Gasteiger partial charge in [-0.25, -0.2) is 4.98 Å². The summed E-state index contributed by atoms with van der Waals surface area (Å²) < 4.78 is 32.0. The first-order valence-electron chi connectivity index (χ1n) is 20.1. The van der Waals surface area contributed by atoms with Crippen molar-refractivity contribution in [1.82, 2.24) is 15.2 Å². The molecule has 0 aliphatic carbocycles. The fraction of sp³-hybridized carbons (Fsp3) is 0.738. The molecule has 1 unspecified atom stereocenters. The summed E-state index contributed by atoms with van der Waals surface area (Å²) in [6.45, 7) is 13.5. The van der Waals surface area contributed by atoms with E-state index in [4.69, 9.17) is 28.7 Å². The minimum atomic E-state index is -1.50. The van der Waals surface area contributed by atoms with Crippen LogP contribution in [0, 0.1) is 29.1 Å². The maximum absolute atomic E-state index is 14.7. The number of aromatic nitrogens is 1. The van der Waals surface area contributed by atoms with Crippen LogP contribution in [0.2, 0.25) is 0 Å². The highest BCUT2D eigenvalue weighted by Crippen LogP contribution is 2.40. The molecule has 4 heterocycles. The highest BCUT2D eigenvalue weighted by Gasteiger charge is 2.51. The van der Waals surface area contributed by atoms with Crippen LogP contribution in [0.15, 0.2) is 29.6 Å². The van der Waals surface area contributed by atoms with Crippen LogP contribution in [0.5, 0.6) is 0 Å². The molecule has 15 atom stereocenters. The maximum atomic E-state index is 14.7. The van der Waals surface area contributed by atoms with Crippen LogP contribution in [-0.2, 0) is 34.9 Å². The van der Waals surface area contributed by atoms with Gasteiger partial charge in [-0.15, -0.1) is 11.3 Å². The lowest BCUT2D eigenvalue weighted by Crippen LogP contribution is -2.60. The summed E-state index contributed by atoms with van der Waals surface area (Å²) in [5.41, 5.74) is -0.327. The number of rotatable bonds is 8. The fourth-order valence-corrected chi connectivity index (χ4v) is 9.81. The zero-order valence-electron chi connectivity index (χ0n) is 35.4. The number of benzene rings is 1. The van der Waals surface area contributed by atoms with E-state index in [-0.39, 0.29) is 30.4 Å². The quantitative estimate of drug-likeness (QED) is 0.301. The Kier molecular flexibility index (Phi) is 14.8. The number of likely N-dealkylation sites (N-methyl/N-ethyl adjacent to an activating group) is 1. The van der Waals surface area contributed by atoms with Crippen molar-refractivity contribution in [2.24, 2.45) is 17.8 Å². The minimum Gasteiger partial charge on any atom is -0.387 e. The molecule has 1 aromatic heterocycles. The lowest BCUT2D eigenvalue weighted by atomic mass is 9.77. The normalized spacial score (nSPS) is 39.9. The van der Waals surface area contributed by atoms with Crippen molar-refractivity contribution < 1.29 is 43.8 Å². The SMILES string of the molecule is CO[C@]1(C)CC(O[C@H]2[C@H](C)[C@@H](O[C@@H]3O[C@H](C)C[C@H](N(C)C)[C@H]3O)[C@](C)(O)C[C@@H](C)CN(C)c3nc(cs3)[C@H](Cc3ccc(C#N)cc3)NC(=O)[C@@H]2C)O[C@@H](C)[C@@H]1O. The van der Waals surface area contributed by atoms with Gasteiger partial charge in [-0.05, 0) is 84.7 Å². The number of amides is 1. The van der Waals surface area contributed by atoms with Gasteiger partial charge in [0.25, 0.3) is 0 Å². The Balaban J connectivity index is 1.58. The second-order valence-electron chi connectivity index (χ2n) is 17.5. The molecule has 15 heteroatoms. The summed E-state index contributed by atoms with van der Waals surface area (Å²) in [7, 11) is 7.32. The van der Waals surface area contributed by atoms with Gasteiger partial charge >= 0.3 is 0 Å². The van der Waals surface area contributed by atoms with E-state index in [0.717, 1.165) is 10.7 Å². The second kappa shape index (κ2) is 18.7. The monoisotopic (exact) mass is 815 g/mol. The molecular weight excluding hydrogens is 751 g/mol. The molecule has 2 bridgehead atoms. The lowest BCUT2D eigenvalue weighted by Gasteiger charge is -2.49. The molecule has 14 nitrogen and oxygen atoms in total. The molecule has 3 aliphatic rings. The summed E-state index contributed by atoms with van der Waals surface area (Å²) in [6.07, 6.45) is -5.20. The van der Waals surface area contributed by atoms with Crippen molar-refractivity contribution in [1.29, 1.82) is 5.26 Å². The van der Waals surface area contributed by atoms with Gasteiger partial charge in [-0.2, -0.15) is 5.26 Å². The molecule has 3 aliphatic heterocycles. The molecule has 1 amide bonds. The predicted molar refractivity (Wildman–Crippen MR) is 216 cm³/mol. The smallest absolute Gasteiger partial charge is 0.226 e. The number of aliphatic hydroxyl groups is 3. The Labute approximate surface area is 342 Å². The van der Waals surface area contributed by atoms with Crippen molar-refractivity contribution in [3.8, 4) is 6.07 Å². The number of fused-ring (bicyclic) bond motifs is 2. The number of hydrogen-bond acceptors (Lipinski definition) is 14. The maximum Gasteiger partial charge on any atom is 0.226 e. The first-order valence-corrected chi connectivity index (χ1v) is 21.0. The van der Waals surface area contributed by atoms with Gasteiger partial charge in [0.05, 0.1) is 64.9 Å². The number of anilines is 1. The van der Waals surface area contributed by atoms with E-state index in [1.54, 1.807) is 39.8 Å². The van der Waals surface area contributed by atoms with E-state index in [9.17, 15) is 25.4 Å². The third-order valence-corrected chi connectivity index (χ3v) is 13.2. The van der Waals surface area contributed by atoms with Crippen molar-refractivity contribution >= 4 is 22.4 Å². The molecule has 0 saturated carbocycles. The van der Waals surface area contributed by atoms with Crippen LogP contribution in [0.1, 0.15) is 90.6 Å². The number of methoxy groups -OCH3 is 1. The van der Waals surface area contributed by atoms with Crippen LogP contribution in [-0.4, -0.2) is 132 Å². The molecule has 0 spiro atoms. The Bertz CT molecular complexity index is 1670. The number of nitrogens with zero attached hydrogens (tertiary/aromatic N) is 4. The molecule has 57 heavy (non-hydrogen) atoms. The lowest BCUT2D eigenvalue weighted by molar-refractivity contribution is -0.317. The van der Waals surface area contributed by atoms with E-state index < -0.39 is 72.2 Å². The van der Waals surface area contributed by atoms with Crippen LogP contribution < -0.4 is 10.2 Å². The van der Waals surface area contributed by atoms with Gasteiger partial charge in [0, 0.05) is 44.5 Å². The van der Waals surface area contributed by atoms with Crippen molar-refractivity contribution in [3.63, 3.8) is 0 Å². The molecule has 1 aromatic carbocycles. The van der Waals surface area contributed by atoms with E-state index >= 15 is 0 Å². The number of thiazole rings is 1. The molecule has 2 aromatic rings. The van der Waals surface area contributed by atoms with Crippen LogP contribution in [0.3, 0.4) is 0 Å². The molecule has 0 radical (unpaired) electrons. The van der Waals surface area contributed by atoms with Crippen LogP contribution in [0.4, 0.5) is 5.13 Å². The highest BCUT2D eigenvalue weighted by atomic mass is 32.1. The summed E-state index contributed by atoms with van der Waals surface area (Å²) in [4.78, 5) is 23.7. The van der Waals surface area contributed by atoms with Gasteiger partial charge in [-0.3, -0.25) is 4.79 Å². The van der Waals surface area contributed by atoms with E-state index in [0.29, 0.717) is 37.1 Å². The average molecular weight is 816 g/mol. The molecule has 318 valence electrons. The molecule has 2 fully saturated rings. The Morgan fingerprint density at radius 2 is 1.77 bits per heavy atom. The number of ether oxygens (including phenoxy) is 5. The zero-order chi connectivity index (χ0) is 42.0. The molecule has 2 saturated heterocycles. The molecular formula is C42H65N5O9S. The van der Waals surface area contributed by atoms with Crippen molar-refractivity contribution in [2.75, 3.05) is 39.7 Å². The summed E-state index contributed by atoms with van der Waals surface area (Å²) in [5.74, 6) is -1.88. The fourth-order valence-electron chi connectivity index (χ4n) is 8.95. The number of carbonyl (C=O) groups is 1. The van der Waals surface area contributed by atoms with Gasteiger partial charge < -0.3 is 54.1 Å². The number of hydrogen-bond donors (Lipinski definition) is 4. The molecule has 5 rings (SSSR count). The first-order chi connectivity index (χ1) is 26.8. The van der Waals surface area contributed by atoms with E-state index in [1.807, 2.05) is 57.4 Å². The van der Waals surface area contributed by atoms with Gasteiger partial charge in [-0.1, -0.05) is 32.9 Å². The summed E-state index contributed by atoms with van der Waals surface area (Å²) in [6, 6.07) is 8.68. The average Bonchev–Trinajstić information content (AvgIpc) is 3.65. The summed E-state index contributed by atoms with van der Waals surface area (Å²) in [5, 5.41) is 50.7. The number of aliphatic hydroxyl groups excluding tert-OH is 2. The standard InChI is InChI=1S/C42H65N5O9S/c1-23-18-41(6,51)37(56-39-34(48)32(46(8)9)16-24(2)53-39)25(3)35(55-33-19-42(7,52-11)36(49)27(5)54-33)26(4)38(50)44-30(17-28-12-14-29(20-43)15-13-28)31-22-57-40(45-31)47(10)21-23/h12-15,22-27,30,32-37,39,48-49,51H,16-19,21H2,1-11H3,(H,44,50)/t23-,24-,25+,26-,27+,30+,32+,33?,34-,35+,36+,37-,39+,41-,42-/m1/s1. The second-order valence-corrected chi connectivity index (χ2v) is 18.3. The van der Waals surface area contributed by atoms with Gasteiger partial charge in [0.15, 0.2) is 17.7 Å². The third-order valence-electron chi connectivity index (χ3n) is 12.2. The Morgan fingerprint density at radius 1 is 1.09 bits per heavy atom.